The van der Waals surface area contributed by atoms with Crippen LogP contribution in [-0.4, -0.2) is 23.9 Å². The Morgan fingerprint density at radius 2 is 2.07 bits per heavy atom. The molecule has 0 saturated carbocycles. The second-order valence-corrected chi connectivity index (χ2v) is 3.51. The van der Waals surface area contributed by atoms with Crippen molar-refractivity contribution in [2.75, 3.05) is 18.0 Å². The highest BCUT2D eigenvalue weighted by atomic mass is 15.2. The third kappa shape index (κ3) is 1.69. The van der Waals surface area contributed by atoms with E-state index in [-0.39, 0.29) is 5.84 Å². The van der Waals surface area contributed by atoms with Crippen molar-refractivity contribution < 1.29 is 0 Å². The number of nitrogens with zero attached hydrogens (tertiary/aromatic N) is 2. The first-order chi connectivity index (χ1) is 6.77. The molecule has 0 aliphatic carbocycles. The lowest BCUT2D eigenvalue weighted by Gasteiger charge is -2.15. The normalized spacial score (nSPS) is 15.9. The fraction of sp³-hybridized carbons (Fsp3) is 0.400. The molecule has 1 aromatic heterocycles. The Bertz CT molecular complexity index is 324. The predicted octanol–water partition coefficient (Wildman–Crippen LogP) is 0.966. The highest BCUT2D eigenvalue weighted by Crippen LogP contribution is 2.17. The summed E-state index contributed by atoms with van der Waals surface area (Å²) in [5, 5.41) is 7.24. The summed E-state index contributed by atoms with van der Waals surface area (Å²) in [5.41, 5.74) is 6.03. The molecule has 2 heterocycles. The van der Waals surface area contributed by atoms with Crippen molar-refractivity contribution in [1.82, 2.24) is 4.98 Å². The fourth-order valence-corrected chi connectivity index (χ4v) is 1.68. The molecule has 4 nitrogen and oxygen atoms in total. The summed E-state index contributed by atoms with van der Waals surface area (Å²) < 4.78 is 0. The summed E-state index contributed by atoms with van der Waals surface area (Å²) in [6.07, 6.45) is 4.16. The number of nitrogens with one attached hydrogen (secondary N) is 1. The van der Waals surface area contributed by atoms with Gasteiger partial charge in [0.1, 0.15) is 11.7 Å². The SMILES string of the molecule is N=C(N)c1ccc(N2CCCC2)nc1. The van der Waals surface area contributed by atoms with Crippen LogP contribution in [0.1, 0.15) is 18.4 Å². The number of nitrogens with two attached hydrogens (primary N) is 1. The first kappa shape index (κ1) is 8.99. The Morgan fingerprint density at radius 3 is 2.57 bits per heavy atom. The number of aromatic nitrogens is 1. The van der Waals surface area contributed by atoms with Crippen LogP contribution in [0.5, 0.6) is 0 Å². The summed E-state index contributed by atoms with van der Waals surface area (Å²) in [6.45, 7) is 2.18. The van der Waals surface area contributed by atoms with Crippen LogP contribution >= 0.6 is 0 Å². The molecule has 2 rings (SSSR count). The maximum Gasteiger partial charge on any atom is 0.128 e. The maximum atomic E-state index is 7.24. The topological polar surface area (TPSA) is 66.0 Å². The Hall–Kier alpha value is -1.58. The van der Waals surface area contributed by atoms with Crippen LogP contribution < -0.4 is 10.6 Å². The number of hydrogen-bond acceptors (Lipinski definition) is 3. The van der Waals surface area contributed by atoms with E-state index in [1.165, 1.54) is 12.8 Å². The second-order valence-electron chi connectivity index (χ2n) is 3.51. The Labute approximate surface area is 83.3 Å². The molecule has 0 atom stereocenters. The zero-order chi connectivity index (χ0) is 9.97. The van der Waals surface area contributed by atoms with Gasteiger partial charge in [-0.05, 0) is 25.0 Å². The van der Waals surface area contributed by atoms with E-state index in [0.717, 1.165) is 18.9 Å². The number of rotatable bonds is 2. The van der Waals surface area contributed by atoms with Gasteiger partial charge >= 0.3 is 0 Å². The van der Waals surface area contributed by atoms with Crippen LogP contribution in [0.15, 0.2) is 18.3 Å². The molecule has 0 aromatic carbocycles. The number of amidine groups is 1. The fourth-order valence-electron chi connectivity index (χ4n) is 1.68. The predicted molar refractivity (Wildman–Crippen MR) is 56.7 cm³/mol. The van der Waals surface area contributed by atoms with Gasteiger partial charge in [0.25, 0.3) is 0 Å². The quantitative estimate of drug-likeness (QED) is 0.539. The number of anilines is 1. The zero-order valence-corrected chi connectivity index (χ0v) is 8.03. The van der Waals surface area contributed by atoms with E-state index >= 15 is 0 Å². The van der Waals surface area contributed by atoms with Crippen LogP contribution in [0.2, 0.25) is 0 Å². The summed E-state index contributed by atoms with van der Waals surface area (Å²) in [6, 6.07) is 3.78. The van der Waals surface area contributed by atoms with Gasteiger partial charge in [-0.2, -0.15) is 0 Å². The van der Waals surface area contributed by atoms with Crippen LogP contribution in [0, 0.1) is 5.41 Å². The molecule has 14 heavy (non-hydrogen) atoms. The van der Waals surface area contributed by atoms with Gasteiger partial charge in [-0.25, -0.2) is 4.98 Å². The van der Waals surface area contributed by atoms with Gasteiger partial charge in [-0.1, -0.05) is 0 Å². The van der Waals surface area contributed by atoms with E-state index in [0.29, 0.717) is 5.56 Å². The molecule has 1 aliphatic rings. The lowest BCUT2D eigenvalue weighted by Crippen LogP contribution is -2.19. The minimum Gasteiger partial charge on any atom is -0.384 e. The van der Waals surface area contributed by atoms with E-state index < -0.39 is 0 Å². The average Bonchev–Trinajstić information content (AvgIpc) is 2.71. The van der Waals surface area contributed by atoms with Crippen LogP contribution in [0.4, 0.5) is 5.82 Å². The Balaban J connectivity index is 2.16. The summed E-state index contributed by atoms with van der Waals surface area (Å²) in [5.74, 6) is 1.07. The summed E-state index contributed by atoms with van der Waals surface area (Å²) in [7, 11) is 0. The van der Waals surface area contributed by atoms with Crippen LogP contribution in [0.3, 0.4) is 0 Å². The van der Waals surface area contributed by atoms with Gasteiger partial charge in [0.15, 0.2) is 0 Å². The van der Waals surface area contributed by atoms with Crippen molar-refractivity contribution in [3.8, 4) is 0 Å². The molecule has 3 N–H and O–H groups in total. The van der Waals surface area contributed by atoms with Gasteiger partial charge in [-0.15, -0.1) is 0 Å². The van der Waals surface area contributed by atoms with Crippen molar-refractivity contribution in [2.45, 2.75) is 12.8 Å². The Morgan fingerprint density at radius 1 is 1.36 bits per heavy atom. The third-order valence-electron chi connectivity index (χ3n) is 2.49. The minimum atomic E-state index is 0.0745. The van der Waals surface area contributed by atoms with Gasteiger partial charge in [0.2, 0.25) is 0 Å². The van der Waals surface area contributed by atoms with E-state index in [1.807, 2.05) is 12.1 Å². The second kappa shape index (κ2) is 3.65. The molecule has 74 valence electrons. The molecule has 4 heteroatoms. The molecule has 0 unspecified atom stereocenters. The third-order valence-corrected chi connectivity index (χ3v) is 2.49. The first-order valence-electron chi connectivity index (χ1n) is 4.83. The van der Waals surface area contributed by atoms with Crippen molar-refractivity contribution in [1.29, 1.82) is 5.41 Å². The molecule has 0 radical (unpaired) electrons. The maximum absolute atomic E-state index is 7.24. The van der Waals surface area contributed by atoms with Crippen molar-refractivity contribution in [3.05, 3.63) is 23.9 Å². The smallest absolute Gasteiger partial charge is 0.128 e. The molecule has 0 spiro atoms. The van der Waals surface area contributed by atoms with E-state index in [4.69, 9.17) is 11.1 Å². The molecule has 1 aliphatic heterocycles. The highest BCUT2D eigenvalue weighted by Gasteiger charge is 2.12. The molecule has 1 fully saturated rings. The first-order valence-corrected chi connectivity index (χ1v) is 4.83. The van der Waals surface area contributed by atoms with E-state index in [9.17, 15) is 0 Å². The van der Waals surface area contributed by atoms with Gasteiger partial charge in [0.05, 0.1) is 0 Å². The summed E-state index contributed by atoms with van der Waals surface area (Å²) in [4.78, 5) is 6.54. The average molecular weight is 190 g/mol. The molecular formula is C10H14N4. The van der Waals surface area contributed by atoms with E-state index in [2.05, 4.69) is 9.88 Å². The highest BCUT2D eigenvalue weighted by molar-refractivity contribution is 5.94. The molecule has 0 amide bonds. The molecule has 1 aromatic rings. The summed E-state index contributed by atoms with van der Waals surface area (Å²) >= 11 is 0. The van der Waals surface area contributed by atoms with Crippen molar-refractivity contribution >= 4 is 11.7 Å². The number of pyridine rings is 1. The van der Waals surface area contributed by atoms with E-state index in [1.54, 1.807) is 6.20 Å². The minimum absolute atomic E-state index is 0.0745. The van der Waals surface area contributed by atoms with Gasteiger partial charge < -0.3 is 10.6 Å². The molecular weight excluding hydrogens is 176 g/mol. The Kier molecular flexibility index (Phi) is 2.35. The lowest BCUT2D eigenvalue weighted by molar-refractivity contribution is 0.937. The number of hydrogen-bond donors (Lipinski definition) is 2. The molecule has 0 bridgehead atoms. The van der Waals surface area contributed by atoms with Crippen molar-refractivity contribution in [3.63, 3.8) is 0 Å². The van der Waals surface area contributed by atoms with Gasteiger partial charge in [0, 0.05) is 24.8 Å². The number of nitrogen functional groups attached to an aromatic ring is 1. The largest absolute Gasteiger partial charge is 0.384 e. The van der Waals surface area contributed by atoms with Crippen LogP contribution in [-0.2, 0) is 0 Å². The standard InChI is InChI=1S/C10H14N4/c11-10(12)8-3-4-9(13-7-8)14-5-1-2-6-14/h3-4,7H,1-2,5-6H2,(H3,11,12). The zero-order valence-electron chi connectivity index (χ0n) is 8.03. The monoisotopic (exact) mass is 190 g/mol. The van der Waals surface area contributed by atoms with Gasteiger partial charge in [-0.3, -0.25) is 5.41 Å². The van der Waals surface area contributed by atoms with Crippen LogP contribution in [0.25, 0.3) is 0 Å². The van der Waals surface area contributed by atoms with Crippen molar-refractivity contribution in [2.24, 2.45) is 5.73 Å². The lowest BCUT2D eigenvalue weighted by atomic mass is 10.2. The molecule has 1 saturated heterocycles.